The van der Waals surface area contributed by atoms with Crippen molar-refractivity contribution in [2.45, 2.75) is 65.0 Å². The Morgan fingerprint density at radius 1 is 1.20 bits per heavy atom. The topological polar surface area (TPSA) is 32.3 Å². The molecule has 1 aliphatic carbocycles. The van der Waals surface area contributed by atoms with Gasteiger partial charge in [0.1, 0.15) is 0 Å². The zero-order chi connectivity index (χ0) is 11.3. The van der Waals surface area contributed by atoms with E-state index in [9.17, 15) is 0 Å². The summed E-state index contributed by atoms with van der Waals surface area (Å²) >= 11 is 0. The van der Waals surface area contributed by atoms with Crippen LogP contribution in [0.4, 0.5) is 0 Å². The Labute approximate surface area is 94.5 Å². The minimum absolute atomic E-state index is 0.309. The molecule has 0 aromatic heterocycles. The monoisotopic (exact) mass is 213 g/mol. The van der Waals surface area contributed by atoms with Gasteiger partial charge in [0.25, 0.3) is 0 Å². The van der Waals surface area contributed by atoms with Gasteiger partial charge in [-0.25, -0.2) is 0 Å². The van der Waals surface area contributed by atoms with Crippen LogP contribution in [0.15, 0.2) is 0 Å². The molecule has 0 radical (unpaired) electrons. The number of aliphatic hydroxyl groups excluding tert-OH is 1. The summed E-state index contributed by atoms with van der Waals surface area (Å²) in [5.41, 5.74) is 0. The van der Waals surface area contributed by atoms with Crippen molar-refractivity contribution in [2.75, 3.05) is 6.61 Å². The molecule has 2 nitrogen and oxygen atoms in total. The van der Waals surface area contributed by atoms with Crippen molar-refractivity contribution in [1.82, 2.24) is 5.32 Å². The van der Waals surface area contributed by atoms with Crippen molar-refractivity contribution in [2.24, 2.45) is 11.8 Å². The molecule has 0 bridgehead atoms. The third kappa shape index (κ3) is 4.52. The van der Waals surface area contributed by atoms with E-state index in [4.69, 9.17) is 5.11 Å². The third-order valence-electron chi connectivity index (χ3n) is 3.62. The van der Waals surface area contributed by atoms with E-state index in [1.807, 2.05) is 0 Å². The molecule has 0 saturated heterocycles. The molecular weight excluding hydrogens is 186 g/mol. The minimum atomic E-state index is 0.309. The zero-order valence-corrected chi connectivity index (χ0v) is 10.5. The highest BCUT2D eigenvalue weighted by atomic mass is 16.3. The third-order valence-corrected chi connectivity index (χ3v) is 3.62. The predicted molar refractivity (Wildman–Crippen MR) is 64.9 cm³/mol. The van der Waals surface area contributed by atoms with Crippen molar-refractivity contribution < 1.29 is 5.11 Å². The molecule has 3 unspecified atom stereocenters. The van der Waals surface area contributed by atoms with E-state index in [-0.39, 0.29) is 0 Å². The van der Waals surface area contributed by atoms with E-state index >= 15 is 0 Å². The molecular formula is C13H27NO. The van der Waals surface area contributed by atoms with Crippen molar-refractivity contribution in [3.63, 3.8) is 0 Å². The fourth-order valence-corrected chi connectivity index (χ4v) is 2.98. The van der Waals surface area contributed by atoms with Crippen LogP contribution in [0.3, 0.4) is 0 Å². The molecule has 1 aliphatic rings. The molecule has 15 heavy (non-hydrogen) atoms. The Bertz CT molecular complexity index is 162. The average Bonchev–Trinajstić information content (AvgIpc) is 2.15. The Kier molecular flexibility index (Phi) is 5.62. The van der Waals surface area contributed by atoms with E-state index in [2.05, 4.69) is 26.1 Å². The smallest absolute Gasteiger partial charge is 0.0445 e. The molecule has 1 fully saturated rings. The lowest BCUT2D eigenvalue weighted by Crippen LogP contribution is -2.42. The van der Waals surface area contributed by atoms with Gasteiger partial charge in [0.05, 0.1) is 0 Å². The first-order chi connectivity index (χ1) is 7.15. The van der Waals surface area contributed by atoms with E-state index in [0.717, 1.165) is 24.7 Å². The summed E-state index contributed by atoms with van der Waals surface area (Å²) in [5.74, 6) is 1.72. The SMILES string of the molecule is CCC(CCO)NC1CC(C)CC(C)C1. The van der Waals surface area contributed by atoms with Crippen molar-refractivity contribution in [1.29, 1.82) is 0 Å². The molecule has 0 aliphatic heterocycles. The van der Waals surface area contributed by atoms with Gasteiger partial charge in [-0.15, -0.1) is 0 Å². The van der Waals surface area contributed by atoms with Crippen molar-refractivity contribution >= 4 is 0 Å². The maximum atomic E-state index is 8.96. The Morgan fingerprint density at radius 3 is 2.27 bits per heavy atom. The van der Waals surface area contributed by atoms with Crippen LogP contribution < -0.4 is 5.32 Å². The quantitative estimate of drug-likeness (QED) is 0.735. The summed E-state index contributed by atoms with van der Waals surface area (Å²) in [7, 11) is 0. The summed E-state index contributed by atoms with van der Waals surface area (Å²) in [5, 5.41) is 12.7. The Balaban J connectivity index is 2.35. The number of hydrogen-bond donors (Lipinski definition) is 2. The van der Waals surface area contributed by atoms with Crippen molar-refractivity contribution in [3.8, 4) is 0 Å². The molecule has 3 atom stereocenters. The normalized spacial score (nSPS) is 34.0. The summed E-state index contributed by atoms with van der Waals surface area (Å²) in [6, 6.07) is 1.19. The highest BCUT2D eigenvalue weighted by molar-refractivity contribution is 4.82. The van der Waals surface area contributed by atoms with Crippen molar-refractivity contribution in [3.05, 3.63) is 0 Å². The fourth-order valence-electron chi connectivity index (χ4n) is 2.98. The number of hydrogen-bond acceptors (Lipinski definition) is 2. The molecule has 0 heterocycles. The van der Waals surface area contributed by atoms with E-state index in [0.29, 0.717) is 18.7 Å². The highest BCUT2D eigenvalue weighted by Gasteiger charge is 2.24. The van der Waals surface area contributed by atoms with Crippen LogP contribution in [-0.2, 0) is 0 Å². The molecule has 1 saturated carbocycles. The lowest BCUT2D eigenvalue weighted by molar-refractivity contribution is 0.204. The lowest BCUT2D eigenvalue weighted by Gasteiger charge is -2.34. The molecule has 2 heteroatoms. The summed E-state index contributed by atoms with van der Waals surface area (Å²) < 4.78 is 0. The van der Waals surface area contributed by atoms with Crippen LogP contribution >= 0.6 is 0 Å². The maximum absolute atomic E-state index is 8.96. The molecule has 1 rings (SSSR count). The first-order valence-electron chi connectivity index (χ1n) is 6.52. The lowest BCUT2D eigenvalue weighted by atomic mass is 9.80. The van der Waals surface area contributed by atoms with Crippen LogP contribution in [0.2, 0.25) is 0 Å². The van der Waals surface area contributed by atoms with Gasteiger partial charge in [0.2, 0.25) is 0 Å². The number of rotatable bonds is 5. The van der Waals surface area contributed by atoms with Gasteiger partial charge in [-0.2, -0.15) is 0 Å². The van der Waals surface area contributed by atoms with Gasteiger partial charge in [-0.3, -0.25) is 0 Å². The molecule has 0 amide bonds. The first kappa shape index (κ1) is 13.0. The van der Waals surface area contributed by atoms with Crippen LogP contribution in [0, 0.1) is 11.8 Å². The minimum Gasteiger partial charge on any atom is -0.396 e. The zero-order valence-electron chi connectivity index (χ0n) is 10.5. The molecule has 2 N–H and O–H groups in total. The van der Waals surface area contributed by atoms with Gasteiger partial charge in [0.15, 0.2) is 0 Å². The Hall–Kier alpha value is -0.0800. The second-order valence-electron chi connectivity index (χ2n) is 5.40. The molecule has 0 aromatic carbocycles. The van der Waals surface area contributed by atoms with Gasteiger partial charge >= 0.3 is 0 Å². The predicted octanol–water partition coefficient (Wildman–Crippen LogP) is 2.56. The molecule has 0 aromatic rings. The number of aliphatic hydroxyl groups is 1. The van der Waals surface area contributed by atoms with Gasteiger partial charge in [0, 0.05) is 18.7 Å². The fraction of sp³-hybridized carbons (Fsp3) is 1.00. The largest absolute Gasteiger partial charge is 0.396 e. The second-order valence-corrected chi connectivity index (χ2v) is 5.40. The second kappa shape index (κ2) is 6.49. The summed E-state index contributed by atoms with van der Waals surface area (Å²) in [6.07, 6.45) is 6.03. The molecule has 0 spiro atoms. The maximum Gasteiger partial charge on any atom is 0.0445 e. The standard InChI is InChI=1S/C13H27NO/c1-4-12(5-6-15)14-13-8-10(2)7-11(3)9-13/h10-15H,4-9H2,1-3H3. The van der Waals surface area contributed by atoms with Gasteiger partial charge < -0.3 is 10.4 Å². The van der Waals surface area contributed by atoms with Crippen LogP contribution in [0.1, 0.15) is 52.9 Å². The highest BCUT2D eigenvalue weighted by Crippen LogP contribution is 2.28. The molecule has 90 valence electrons. The number of nitrogens with one attached hydrogen (secondary N) is 1. The summed E-state index contributed by atoms with van der Waals surface area (Å²) in [6.45, 7) is 7.22. The van der Waals surface area contributed by atoms with Gasteiger partial charge in [-0.05, 0) is 43.9 Å². The van der Waals surface area contributed by atoms with E-state index in [1.54, 1.807) is 0 Å². The summed E-state index contributed by atoms with van der Waals surface area (Å²) in [4.78, 5) is 0. The first-order valence-corrected chi connectivity index (χ1v) is 6.52. The van der Waals surface area contributed by atoms with Crippen LogP contribution in [0.25, 0.3) is 0 Å². The van der Waals surface area contributed by atoms with E-state index < -0.39 is 0 Å². The average molecular weight is 213 g/mol. The van der Waals surface area contributed by atoms with Crippen LogP contribution in [0.5, 0.6) is 0 Å². The van der Waals surface area contributed by atoms with Gasteiger partial charge in [-0.1, -0.05) is 20.8 Å². The Morgan fingerprint density at radius 2 is 1.80 bits per heavy atom. The van der Waals surface area contributed by atoms with E-state index in [1.165, 1.54) is 19.3 Å². The van der Waals surface area contributed by atoms with Crippen LogP contribution in [-0.4, -0.2) is 23.8 Å².